The number of aromatic nitrogens is 1. The first kappa shape index (κ1) is 101. The van der Waals surface area contributed by atoms with E-state index in [2.05, 4.69) is 20.5 Å². The number of nitrogens with zero attached hydrogens (tertiary/aromatic N) is 2. The number of Topliss-reactive ketones (excluding diaryl/α,β-unsaturated/α-hetero) is 2. The number of nitrogens with one attached hydrogen (secondary N) is 2. The highest BCUT2D eigenvalue weighted by atomic mass is 33.1. The van der Waals surface area contributed by atoms with Crippen molar-refractivity contribution >= 4 is 57.1 Å². The Morgan fingerprint density at radius 1 is 0.523 bits per heavy atom. The van der Waals surface area contributed by atoms with Gasteiger partial charge in [-0.15, -0.1) is 0 Å². The molecule has 0 bridgehead atoms. The van der Waals surface area contributed by atoms with E-state index in [0.717, 1.165) is 24.3 Å². The van der Waals surface area contributed by atoms with Crippen LogP contribution in [0.15, 0.2) is 29.4 Å². The van der Waals surface area contributed by atoms with Crippen LogP contribution >= 0.6 is 21.6 Å². The lowest BCUT2D eigenvalue weighted by Crippen LogP contribution is -2.64. The smallest absolute Gasteiger partial charge is 0.407 e. The van der Waals surface area contributed by atoms with E-state index in [-0.39, 0.29) is 83.2 Å². The number of unbranched alkanes of at least 4 members (excludes halogenated alkanes) is 3. The Balaban J connectivity index is 1.35. The molecule has 2 unspecified atom stereocenters. The lowest BCUT2D eigenvalue weighted by atomic mass is 9.67. The van der Waals surface area contributed by atoms with E-state index in [1.807, 2.05) is 18.2 Å². The van der Waals surface area contributed by atoms with Crippen molar-refractivity contribution in [3.05, 3.63) is 35.8 Å². The minimum Gasteiger partial charge on any atom is -0.464 e. The Morgan fingerprint density at radius 3 is 1.46 bits per heavy atom. The first-order valence-corrected chi connectivity index (χ1v) is 40.3. The first-order valence-electron chi connectivity index (χ1n) is 38.0. The second kappa shape index (κ2) is 63.9. The summed E-state index contributed by atoms with van der Waals surface area (Å²) >= 11 is 0. The number of carbonyl (C=O) groups is 6. The van der Waals surface area contributed by atoms with Crippen LogP contribution in [0.2, 0.25) is 0 Å². The third-order valence-corrected chi connectivity index (χ3v) is 18.3. The summed E-state index contributed by atoms with van der Waals surface area (Å²) in [6, 6.07) is 4.64. The predicted octanol–water partition coefficient (Wildman–Crippen LogP) is 6.16. The molecule has 0 aliphatic carbocycles. The van der Waals surface area contributed by atoms with Crippen molar-refractivity contribution in [3.63, 3.8) is 0 Å². The number of ether oxygens (including phenoxy) is 19. The molecule has 1 aliphatic rings. The molecule has 1 saturated heterocycles. The van der Waals surface area contributed by atoms with E-state index in [4.69, 9.17) is 96.6 Å². The fourth-order valence-corrected chi connectivity index (χ4v) is 12.4. The second-order valence-corrected chi connectivity index (χ2v) is 30.1. The molecule has 109 heavy (non-hydrogen) atoms. The van der Waals surface area contributed by atoms with Gasteiger partial charge in [0.15, 0.2) is 6.29 Å². The maximum Gasteiger partial charge on any atom is 0.407 e. The van der Waals surface area contributed by atoms with Gasteiger partial charge in [-0.25, -0.2) is 16.4 Å². The minimum atomic E-state index is -1.36. The molecular formula is C75H130N4O28S2. The van der Waals surface area contributed by atoms with E-state index in [1.54, 1.807) is 54.7 Å². The zero-order valence-electron chi connectivity index (χ0n) is 66.0. The maximum absolute atomic E-state index is 14.0. The highest BCUT2D eigenvalue weighted by Crippen LogP contribution is 2.44. The third kappa shape index (κ3) is 54.1. The number of carbonyl (C=O) groups excluding carboxylic acids is 6. The number of hydrogen-bond acceptors (Lipinski definition) is 31. The van der Waals surface area contributed by atoms with Crippen molar-refractivity contribution in [2.45, 2.75) is 179 Å². The van der Waals surface area contributed by atoms with E-state index < -0.39 is 83.2 Å². The number of amides is 2. The molecule has 630 valence electrons. The van der Waals surface area contributed by atoms with Gasteiger partial charge in [0.2, 0.25) is 11.4 Å². The fourth-order valence-electron chi connectivity index (χ4n) is 10.7. The molecule has 1 fully saturated rings. The summed E-state index contributed by atoms with van der Waals surface area (Å²) in [4.78, 5) is 84.6. The van der Waals surface area contributed by atoms with Gasteiger partial charge >= 0.3 is 18.0 Å². The normalized spacial score (nSPS) is 17.1. The Bertz CT molecular complexity index is 2550. The van der Waals surface area contributed by atoms with Crippen molar-refractivity contribution in [3.8, 4) is 0 Å². The van der Waals surface area contributed by atoms with Gasteiger partial charge in [-0.2, -0.15) is 0 Å². The van der Waals surface area contributed by atoms with Gasteiger partial charge in [-0.05, 0) is 90.2 Å². The Kier molecular flexibility index (Phi) is 59.1. The summed E-state index contributed by atoms with van der Waals surface area (Å²) in [6.07, 6.45) is 1.36. The van der Waals surface area contributed by atoms with Gasteiger partial charge in [0.1, 0.15) is 59.8 Å². The van der Waals surface area contributed by atoms with Gasteiger partial charge in [-0.3, -0.25) is 24.0 Å². The van der Waals surface area contributed by atoms with Gasteiger partial charge in [0.05, 0.1) is 196 Å². The summed E-state index contributed by atoms with van der Waals surface area (Å²) in [7, 11) is 2.95. The Morgan fingerprint density at radius 2 is 0.982 bits per heavy atom. The van der Waals surface area contributed by atoms with Gasteiger partial charge in [0.25, 0.3) is 0 Å². The zero-order valence-corrected chi connectivity index (χ0v) is 67.6. The van der Waals surface area contributed by atoms with Crippen LogP contribution in [0.1, 0.15) is 132 Å². The van der Waals surface area contributed by atoms with Crippen LogP contribution in [0.3, 0.4) is 0 Å². The monoisotopic (exact) mass is 1600 g/mol. The number of pyridine rings is 1. The van der Waals surface area contributed by atoms with Crippen LogP contribution in [-0.2, 0) is 114 Å². The molecule has 2 amide bonds. The summed E-state index contributed by atoms with van der Waals surface area (Å²) in [5.74, 6) is -0.936. The molecule has 0 aromatic carbocycles. The van der Waals surface area contributed by atoms with Crippen LogP contribution in [0, 0.1) is 17.4 Å². The van der Waals surface area contributed by atoms with Gasteiger partial charge < -0.3 is 121 Å². The van der Waals surface area contributed by atoms with Crippen LogP contribution in [0.25, 0.3) is 4.85 Å². The fraction of sp³-hybridized carbons (Fsp3) is 0.840. The van der Waals surface area contributed by atoms with Crippen molar-refractivity contribution in [1.82, 2.24) is 15.6 Å². The summed E-state index contributed by atoms with van der Waals surface area (Å²) in [5.41, 5.74) is -4.23. The first-order chi connectivity index (χ1) is 52.4. The van der Waals surface area contributed by atoms with Gasteiger partial charge in [-0.1, -0.05) is 29.7 Å². The molecule has 0 radical (unpaired) electrons. The molecule has 0 spiro atoms. The van der Waals surface area contributed by atoms with Crippen LogP contribution in [0.4, 0.5) is 4.79 Å². The average Bonchev–Trinajstić information content (AvgIpc) is 0.804. The maximum atomic E-state index is 14.0. The molecule has 32 nitrogen and oxygen atoms in total. The molecule has 1 aliphatic heterocycles. The van der Waals surface area contributed by atoms with Crippen LogP contribution in [0.5, 0.6) is 0 Å². The summed E-state index contributed by atoms with van der Waals surface area (Å²) < 4.78 is 106. The van der Waals surface area contributed by atoms with Crippen molar-refractivity contribution in [2.24, 2.45) is 10.8 Å². The summed E-state index contributed by atoms with van der Waals surface area (Å²) in [6.45, 7) is 32.6. The Labute approximate surface area is 653 Å². The number of esters is 2. The van der Waals surface area contributed by atoms with E-state index in [1.165, 1.54) is 28.5 Å². The molecule has 7 atom stereocenters. The number of alkyl carbamates (subject to hydrolysis) is 1. The molecule has 2 rings (SSSR count). The molecular weight excluding hydrogens is 1470 g/mol. The lowest BCUT2D eigenvalue weighted by molar-refractivity contribution is -0.270. The highest BCUT2D eigenvalue weighted by Gasteiger charge is 2.51. The molecule has 1 aromatic heterocycles. The van der Waals surface area contributed by atoms with E-state index in [9.17, 15) is 44.1 Å². The van der Waals surface area contributed by atoms with Crippen molar-refractivity contribution in [2.75, 3.05) is 224 Å². The Hall–Kier alpha value is -4.40. The third-order valence-electron chi connectivity index (χ3n) is 16.0. The molecule has 5 N–H and O–H groups in total. The van der Waals surface area contributed by atoms with E-state index in [0.29, 0.717) is 203 Å². The van der Waals surface area contributed by atoms with Crippen LogP contribution < -0.4 is 10.6 Å². The van der Waals surface area contributed by atoms with Gasteiger partial charge in [0, 0.05) is 84.1 Å². The molecule has 34 heteroatoms. The number of aliphatic hydroxyl groups is 3. The molecule has 1 aromatic rings. The number of aliphatic hydroxyl groups excluding tert-OH is 3. The lowest BCUT2D eigenvalue weighted by Gasteiger charge is -2.42. The quantitative estimate of drug-likeness (QED) is 0.0160. The largest absolute Gasteiger partial charge is 0.464 e. The zero-order chi connectivity index (χ0) is 80.0. The number of hydrogen-bond donors (Lipinski definition) is 5. The second-order valence-electron chi connectivity index (χ2n) is 27.7. The number of ketones is 2. The molecule has 0 saturated carbocycles. The van der Waals surface area contributed by atoms with Crippen molar-refractivity contribution in [1.29, 1.82) is 0 Å². The summed E-state index contributed by atoms with van der Waals surface area (Å²) in [5, 5.41) is 35.9. The topological polar surface area (TPSA) is 380 Å². The minimum absolute atomic E-state index is 0.0122. The average molecular weight is 1600 g/mol. The highest BCUT2D eigenvalue weighted by molar-refractivity contribution is 8.76. The molecule has 2 heterocycles. The standard InChI is InChI=1S/C75H130N4O28S2/c1-60(81)79-65-67(85)66(84)63(57-80)106-68(65)103-26-15-11-10-12-17-62(83)21-27-90-30-32-93-34-36-95-38-40-97-42-44-99-46-48-101-50-52-102-51-49-100-47-45-98-43-41-96-39-37-94-35-33-92-31-29-89-25-16-18-61(82)20-22-75(8,76-9)59-74(7,70(87)105-55-56-108-109-64-19-13-14-23-77-64)58-73(5,6)69(86)104-54-53-91-28-24-78-71(88)107-72(2,3)4/h13-14,19,23,63,65-68,80,84-85H,10-12,15-18,20-22,24-59H2,1-8H3,(H,78,88)(H,79,81)/t63-,65-,66+,67-,68-,74?,75?/m1/s1. The van der Waals surface area contributed by atoms with E-state index >= 15 is 0 Å². The predicted molar refractivity (Wildman–Crippen MR) is 404 cm³/mol. The van der Waals surface area contributed by atoms with Crippen LogP contribution in [-0.4, -0.2) is 321 Å². The SMILES string of the molecule is [C-]#[N+]C(C)(CCC(=O)CCCOCCOCCOCCOCCOCCOCCOCCOCCOCCOCCOCCOCCOCCC(=O)CCCCCCO[C@@H]1O[C@H](CO)[C@H](O)[C@H](O)[C@H]1NC(C)=O)CC(C)(CC(C)(C)C(=O)OCCOCCNC(=O)OC(C)(C)C)C(=O)OCCSSc1ccccn1. The van der Waals surface area contributed by atoms with Crippen molar-refractivity contribution < 1.29 is 134 Å². The number of rotatable bonds is 73.